The number of aromatic nitrogens is 2. The van der Waals surface area contributed by atoms with Crippen LogP contribution in [0.3, 0.4) is 0 Å². The molecular formula is C18H26N4O2. The molecule has 1 atom stereocenters. The van der Waals surface area contributed by atoms with Crippen molar-refractivity contribution in [2.75, 3.05) is 38.2 Å². The molecule has 3 aliphatic rings. The molecule has 24 heavy (non-hydrogen) atoms. The summed E-state index contributed by atoms with van der Waals surface area (Å²) in [4.78, 5) is 25.3. The van der Waals surface area contributed by atoms with Crippen molar-refractivity contribution < 1.29 is 9.53 Å². The minimum atomic E-state index is 0.221. The predicted octanol–water partition coefficient (Wildman–Crippen LogP) is 2.10. The van der Waals surface area contributed by atoms with E-state index in [-0.39, 0.29) is 5.41 Å². The quantitative estimate of drug-likeness (QED) is 0.846. The van der Waals surface area contributed by atoms with Gasteiger partial charge < -0.3 is 14.5 Å². The van der Waals surface area contributed by atoms with E-state index in [9.17, 15) is 4.79 Å². The molecule has 6 nitrogen and oxygen atoms in total. The number of piperidine rings is 2. The molecule has 0 aromatic carbocycles. The average molecular weight is 330 g/mol. The van der Waals surface area contributed by atoms with Crippen molar-refractivity contribution in [1.82, 2.24) is 14.9 Å². The molecule has 2 aliphatic heterocycles. The molecule has 0 unspecified atom stereocenters. The van der Waals surface area contributed by atoms with Gasteiger partial charge >= 0.3 is 0 Å². The van der Waals surface area contributed by atoms with Crippen molar-refractivity contribution >= 4 is 11.7 Å². The Labute approximate surface area is 143 Å². The topological polar surface area (TPSA) is 58.6 Å². The highest BCUT2D eigenvalue weighted by Crippen LogP contribution is 2.41. The molecule has 0 radical (unpaired) electrons. The average Bonchev–Trinajstić information content (AvgIpc) is 3.43. The lowest BCUT2D eigenvalue weighted by Crippen LogP contribution is -2.54. The lowest BCUT2D eigenvalue weighted by Gasteiger charge is -2.48. The first-order valence-corrected chi connectivity index (χ1v) is 9.06. The number of methoxy groups -OCH3 is 1. The van der Waals surface area contributed by atoms with Crippen LogP contribution >= 0.6 is 0 Å². The van der Waals surface area contributed by atoms with Crippen molar-refractivity contribution in [1.29, 1.82) is 0 Å². The fourth-order valence-electron chi connectivity index (χ4n) is 4.23. The van der Waals surface area contributed by atoms with E-state index >= 15 is 0 Å². The van der Waals surface area contributed by atoms with Crippen LogP contribution in [0.25, 0.3) is 0 Å². The normalized spacial score (nSPS) is 27.6. The fourth-order valence-corrected chi connectivity index (χ4v) is 4.23. The molecule has 1 spiro atoms. The fraction of sp³-hybridized carbons (Fsp3) is 0.722. The largest absolute Gasteiger partial charge is 0.481 e. The van der Waals surface area contributed by atoms with E-state index in [1.165, 1.54) is 19.3 Å². The third-order valence-electron chi connectivity index (χ3n) is 5.75. The summed E-state index contributed by atoms with van der Waals surface area (Å²) in [6.45, 7) is 3.88. The number of carbonyl (C=O) groups excluding carboxylic acids is 1. The van der Waals surface area contributed by atoms with Crippen LogP contribution in [0, 0.1) is 11.3 Å². The first-order chi connectivity index (χ1) is 11.7. The molecule has 4 rings (SSSR count). The third-order valence-corrected chi connectivity index (χ3v) is 5.75. The Hall–Kier alpha value is -1.85. The molecule has 1 saturated carbocycles. The Morgan fingerprint density at radius 3 is 2.96 bits per heavy atom. The number of carbonyl (C=O) groups is 1. The standard InChI is InChI=1S/C18H26N4O2/c1-24-16-9-15(19-13-20-16)21-8-2-6-18(11-21)7-5-17(23)22(12-18)10-14-3-4-14/h9,13-14H,2-8,10-12H2,1H3/t18-/m1/s1. The summed E-state index contributed by atoms with van der Waals surface area (Å²) in [7, 11) is 1.63. The first kappa shape index (κ1) is 15.7. The number of likely N-dealkylation sites (tertiary alicyclic amines) is 1. The van der Waals surface area contributed by atoms with Gasteiger partial charge in [-0.2, -0.15) is 0 Å². The Kier molecular flexibility index (Phi) is 4.06. The van der Waals surface area contributed by atoms with Gasteiger partial charge in [0.1, 0.15) is 12.1 Å². The predicted molar refractivity (Wildman–Crippen MR) is 91.0 cm³/mol. The van der Waals surface area contributed by atoms with Crippen LogP contribution in [-0.2, 0) is 4.79 Å². The molecule has 1 amide bonds. The second-order valence-electron chi connectivity index (χ2n) is 7.66. The van der Waals surface area contributed by atoms with Gasteiger partial charge in [0.15, 0.2) is 0 Å². The minimum absolute atomic E-state index is 0.221. The van der Waals surface area contributed by atoms with E-state index in [0.29, 0.717) is 18.2 Å². The maximum absolute atomic E-state index is 12.3. The Bertz CT molecular complexity index is 619. The maximum atomic E-state index is 12.3. The van der Waals surface area contributed by atoms with Gasteiger partial charge in [-0.25, -0.2) is 9.97 Å². The molecule has 6 heteroatoms. The zero-order chi connectivity index (χ0) is 16.6. The highest BCUT2D eigenvalue weighted by atomic mass is 16.5. The molecule has 0 N–H and O–H groups in total. The first-order valence-electron chi connectivity index (χ1n) is 9.06. The second kappa shape index (κ2) is 6.22. The van der Waals surface area contributed by atoms with E-state index < -0.39 is 0 Å². The van der Waals surface area contributed by atoms with E-state index in [1.54, 1.807) is 13.4 Å². The van der Waals surface area contributed by atoms with Gasteiger partial charge in [-0.15, -0.1) is 0 Å². The van der Waals surface area contributed by atoms with Gasteiger partial charge in [0.25, 0.3) is 0 Å². The lowest BCUT2D eigenvalue weighted by atomic mass is 9.73. The van der Waals surface area contributed by atoms with Crippen LogP contribution in [-0.4, -0.2) is 54.1 Å². The second-order valence-corrected chi connectivity index (χ2v) is 7.66. The SMILES string of the molecule is COc1cc(N2CCC[C@@]3(CCC(=O)N(CC4CC4)C3)C2)ncn1. The van der Waals surface area contributed by atoms with Crippen LogP contribution in [0.1, 0.15) is 38.5 Å². The number of ether oxygens (including phenoxy) is 1. The third kappa shape index (κ3) is 3.19. The summed E-state index contributed by atoms with van der Waals surface area (Å²) >= 11 is 0. The van der Waals surface area contributed by atoms with Gasteiger partial charge in [-0.1, -0.05) is 0 Å². The van der Waals surface area contributed by atoms with Crippen LogP contribution in [0.5, 0.6) is 5.88 Å². The van der Waals surface area contributed by atoms with Crippen LogP contribution in [0.4, 0.5) is 5.82 Å². The van der Waals surface area contributed by atoms with E-state index in [4.69, 9.17) is 4.74 Å². The zero-order valence-electron chi connectivity index (χ0n) is 14.4. The van der Waals surface area contributed by atoms with Gasteiger partial charge in [-0.3, -0.25) is 4.79 Å². The van der Waals surface area contributed by atoms with Crippen molar-refractivity contribution in [2.45, 2.75) is 38.5 Å². The van der Waals surface area contributed by atoms with Gasteiger partial charge in [0.2, 0.25) is 11.8 Å². The molecule has 1 aromatic rings. The molecule has 2 saturated heterocycles. The number of hydrogen-bond donors (Lipinski definition) is 0. The lowest BCUT2D eigenvalue weighted by molar-refractivity contribution is -0.138. The summed E-state index contributed by atoms with van der Waals surface area (Å²) in [5.74, 6) is 2.66. The number of amides is 1. The minimum Gasteiger partial charge on any atom is -0.481 e. The molecular weight excluding hydrogens is 304 g/mol. The van der Waals surface area contributed by atoms with Crippen LogP contribution < -0.4 is 9.64 Å². The van der Waals surface area contributed by atoms with Gasteiger partial charge in [0, 0.05) is 44.1 Å². The molecule has 0 bridgehead atoms. The summed E-state index contributed by atoms with van der Waals surface area (Å²) in [5.41, 5.74) is 0.221. The summed E-state index contributed by atoms with van der Waals surface area (Å²) < 4.78 is 5.23. The smallest absolute Gasteiger partial charge is 0.222 e. The van der Waals surface area contributed by atoms with Crippen LogP contribution in [0.2, 0.25) is 0 Å². The molecule has 1 aliphatic carbocycles. The Morgan fingerprint density at radius 1 is 1.29 bits per heavy atom. The molecule has 3 fully saturated rings. The van der Waals surface area contributed by atoms with Crippen molar-refractivity contribution in [3.8, 4) is 5.88 Å². The molecule has 130 valence electrons. The highest BCUT2D eigenvalue weighted by molar-refractivity contribution is 5.77. The van der Waals surface area contributed by atoms with E-state index in [2.05, 4.69) is 19.8 Å². The van der Waals surface area contributed by atoms with Crippen LogP contribution in [0.15, 0.2) is 12.4 Å². The van der Waals surface area contributed by atoms with E-state index in [1.807, 2.05) is 6.07 Å². The number of anilines is 1. The van der Waals surface area contributed by atoms with Crippen molar-refractivity contribution in [2.24, 2.45) is 11.3 Å². The number of rotatable bonds is 4. The van der Waals surface area contributed by atoms with Crippen molar-refractivity contribution in [3.63, 3.8) is 0 Å². The van der Waals surface area contributed by atoms with Gasteiger partial charge in [-0.05, 0) is 38.0 Å². The van der Waals surface area contributed by atoms with Gasteiger partial charge in [0.05, 0.1) is 7.11 Å². The Balaban J connectivity index is 1.49. The maximum Gasteiger partial charge on any atom is 0.222 e. The summed E-state index contributed by atoms with van der Waals surface area (Å²) in [6.07, 6.45) is 8.23. The monoisotopic (exact) mass is 330 g/mol. The highest BCUT2D eigenvalue weighted by Gasteiger charge is 2.43. The molecule has 3 heterocycles. The number of nitrogens with zero attached hydrogens (tertiary/aromatic N) is 4. The summed E-state index contributed by atoms with van der Waals surface area (Å²) in [5, 5.41) is 0. The molecule has 1 aromatic heterocycles. The number of hydrogen-bond acceptors (Lipinski definition) is 5. The summed E-state index contributed by atoms with van der Waals surface area (Å²) in [6, 6.07) is 1.91. The zero-order valence-corrected chi connectivity index (χ0v) is 14.4. The Morgan fingerprint density at radius 2 is 2.17 bits per heavy atom. The van der Waals surface area contributed by atoms with Crippen molar-refractivity contribution in [3.05, 3.63) is 12.4 Å². The van der Waals surface area contributed by atoms with E-state index in [0.717, 1.165) is 50.8 Å².